The fraction of sp³-hybridized carbons (Fsp3) is 1.00. The minimum absolute atomic E-state index is 0.624. The molecule has 2 aliphatic carbocycles. The third-order valence-electron chi connectivity index (χ3n) is 3.34. The topological polar surface area (TPSA) is 38.0 Å². The maximum atomic E-state index is 5.71. The molecule has 0 spiro atoms. The lowest BCUT2D eigenvalue weighted by molar-refractivity contribution is 0.456. The molecule has 13 heavy (non-hydrogen) atoms. The summed E-state index contributed by atoms with van der Waals surface area (Å²) >= 11 is 0. The molecule has 2 rings (SSSR count). The van der Waals surface area contributed by atoms with Crippen molar-refractivity contribution in [2.24, 2.45) is 17.6 Å². The van der Waals surface area contributed by atoms with E-state index >= 15 is 0 Å². The Morgan fingerprint density at radius 2 is 2.00 bits per heavy atom. The van der Waals surface area contributed by atoms with E-state index < -0.39 is 0 Å². The van der Waals surface area contributed by atoms with Gasteiger partial charge in [0.05, 0.1) is 0 Å². The first-order valence-corrected chi connectivity index (χ1v) is 5.83. The molecule has 0 amide bonds. The summed E-state index contributed by atoms with van der Waals surface area (Å²) < 4.78 is 0. The second-order valence-corrected chi connectivity index (χ2v) is 4.72. The summed E-state index contributed by atoms with van der Waals surface area (Å²) in [4.78, 5) is 0. The minimum atomic E-state index is 0.624. The van der Waals surface area contributed by atoms with Crippen LogP contribution in [0.2, 0.25) is 0 Å². The first kappa shape index (κ1) is 9.47. The molecule has 2 saturated carbocycles. The van der Waals surface area contributed by atoms with E-state index in [2.05, 4.69) is 5.32 Å². The van der Waals surface area contributed by atoms with E-state index in [0.29, 0.717) is 6.04 Å². The molecule has 0 radical (unpaired) electrons. The van der Waals surface area contributed by atoms with Gasteiger partial charge in [0.1, 0.15) is 0 Å². The molecule has 2 fully saturated rings. The van der Waals surface area contributed by atoms with Gasteiger partial charge < -0.3 is 11.1 Å². The molecule has 1 atom stereocenters. The number of nitrogens with two attached hydrogens (primary N) is 1. The highest BCUT2D eigenvalue weighted by Crippen LogP contribution is 2.34. The Labute approximate surface area is 81.3 Å². The molecule has 0 heterocycles. The highest BCUT2D eigenvalue weighted by atomic mass is 14.9. The normalized spacial score (nSPS) is 24.7. The lowest BCUT2D eigenvalue weighted by Crippen LogP contribution is -2.38. The molecular weight excluding hydrogens is 160 g/mol. The lowest BCUT2D eigenvalue weighted by Gasteiger charge is -2.15. The van der Waals surface area contributed by atoms with Gasteiger partial charge in [0.25, 0.3) is 0 Å². The molecule has 0 bridgehead atoms. The van der Waals surface area contributed by atoms with E-state index in [1.165, 1.54) is 45.1 Å². The van der Waals surface area contributed by atoms with E-state index in [0.717, 1.165) is 18.4 Å². The van der Waals surface area contributed by atoms with Crippen LogP contribution in [0.4, 0.5) is 0 Å². The molecular formula is C11H22N2. The summed E-state index contributed by atoms with van der Waals surface area (Å²) in [5.74, 6) is 1.99. The Kier molecular flexibility index (Phi) is 3.23. The Balaban J connectivity index is 1.49. The zero-order chi connectivity index (χ0) is 9.10. The molecule has 3 N–H and O–H groups in total. The van der Waals surface area contributed by atoms with Crippen molar-refractivity contribution < 1.29 is 0 Å². The van der Waals surface area contributed by atoms with Gasteiger partial charge in [-0.1, -0.05) is 12.8 Å². The summed E-state index contributed by atoms with van der Waals surface area (Å²) in [7, 11) is 0. The van der Waals surface area contributed by atoms with Gasteiger partial charge in [-0.3, -0.25) is 0 Å². The smallest absolute Gasteiger partial charge is 0.0218 e. The first-order chi connectivity index (χ1) is 6.40. The van der Waals surface area contributed by atoms with Gasteiger partial charge in [0.2, 0.25) is 0 Å². The molecule has 0 aromatic heterocycles. The van der Waals surface area contributed by atoms with E-state index in [4.69, 9.17) is 5.73 Å². The van der Waals surface area contributed by atoms with Gasteiger partial charge in [-0.25, -0.2) is 0 Å². The highest BCUT2D eigenvalue weighted by Gasteiger charge is 2.29. The van der Waals surface area contributed by atoms with E-state index in [-0.39, 0.29) is 0 Å². The van der Waals surface area contributed by atoms with Crippen LogP contribution in [-0.4, -0.2) is 19.1 Å². The van der Waals surface area contributed by atoms with Crippen LogP contribution in [0.25, 0.3) is 0 Å². The zero-order valence-electron chi connectivity index (χ0n) is 8.47. The molecule has 76 valence electrons. The molecule has 2 heteroatoms. The summed E-state index contributed by atoms with van der Waals surface area (Å²) in [6, 6.07) is 0.624. The van der Waals surface area contributed by atoms with Crippen molar-refractivity contribution in [1.29, 1.82) is 0 Å². The standard InChI is InChI=1S/C11H22N2/c12-8-11(10-5-6-10)13-7-1-2-9-3-4-9/h9-11,13H,1-8,12H2. The van der Waals surface area contributed by atoms with Gasteiger partial charge >= 0.3 is 0 Å². The number of hydrogen-bond donors (Lipinski definition) is 2. The summed E-state index contributed by atoms with van der Waals surface area (Å²) in [6.45, 7) is 2.02. The maximum Gasteiger partial charge on any atom is 0.0218 e. The monoisotopic (exact) mass is 182 g/mol. The van der Waals surface area contributed by atoms with Crippen LogP contribution in [0.1, 0.15) is 38.5 Å². The number of rotatable bonds is 7. The fourth-order valence-electron chi connectivity index (χ4n) is 2.03. The zero-order valence-corrected chi connectivity index (χ0v) is 8.47. The third-order valence-corrected chi connectivity index (χ3v) is 3.34. The molecule has 2 nitrogen and oxygen atoms in total. The van der Waals surface area contributed by atoms with E-state index in [1.807, 2.05) is 0 Å². The molecule has 0 saturated heterocycles. The maximum absolute atomic E-state index is 5.71. The van der Waals surface area contributed by atoms with Gasteiger partial charge in [-0.15, -0.1) is 0 Å². The Hall–Kier alpha value is -0.0800. The number of nitrogens with one attached hydrogen (secondary N) is 1. The van der Waals surface area contributed by atoms with Crippen LogP contribution in [0.15, 0.2) is 0 Å². The molecule has 0 aliphatic heterocycles. The molecule has 0 aromatic rings. The van der Waals surface area contributed by atoms with Crippen LogP contribution >= 0.6 is 0 Å². The SMILES string of the molecule is NCC(NCCCC1CC1)C1CC1. The van der Waals surface area contributed by atoms with E-state index in [9.17, 15) is 0 Å². The van der Waals surface area contributed by atoms with Gasteiger partial charge in [0.15, 0.2) is 0 Å². The van der Waals surface area contributed by atoms with Crippen LogP contribution in [0.3, 0.4) is 0 Å². The quantitative estimate of drug-likeness (QED) is 0.586. The van der Waals surface area contributed by atoms with E-state index in [1.54, 1.807) is 0 Å². The predicted molar refractivity (Wildman–Crippen MR) is 55.5 cm³/mol. The number of hydrogen-bond acceptors (Lipinski definition) is 2. The van der Waals surface area contributed by atoms with Gasteiger partial charge in [-0.05, 0) is 44.1 Å². The highest BCUT2D eigenvalue weighted by molar-refractivity contribution is 4.87. The van der Waals surface area contributed by atoms with Crippen LogP contribution < -0.4 is 11.1 Å². The predicted octanol–water partition coefficient (Wildman–Crippen LogP) is 1.50. The van der Waals surface area contributed by atoms with Crippen LogP contribution in [0, 0.1) is 11.8 Å². The summed E-state index contributed by atoms with van der Waals surface area (Å²) in [5.41, 5.74) is 5.71. The molecule has 0 aromatic carbocycles. The third kappa shape index (κ3) is 3.28. The average molecular weight is 182 g/mol. The summed E-state index contributed by atoms with van der Waals surface area (Å²) in [5, 5.41) is 3.59. The first-order valence-electron chi connectivity index (χ1n) is 5.83. The van der Waals surface area contributed by atoms with Crippen molar-refractivity contribution in [2.45, 2.75) is 44.6 Å². The minimum Gasteiger partial charge on any atom is -0.329 e. The Bertz CT molecular complexity index is 150. The summed E-state index contributed by atoms with van der Waals surface area (Å²) in [6.07, 6.45) is 8.57. The van der Waals surface area contributed by atoms with Crippen molar-refractivity contribution in [1.82, 2.24) is 5.32 Å². The largest absolute Gasteiger partial charge is 0.329 e. The van der Waals surface area contributed by atoms with Crippen LogP contribution in [-0.2, 0) is 0 Å². The Morgan fingerprint density at radius 1 is 1.23 bits per heavy atom. The average Bonchev–Trinajstić information content (AvgIpc) is 2.99. The van der Waals surface area contributed by atoms with Crippen molar-refractivity contribution in [3.8, 4) is 0 Å². The van der Waals surface area contributed by atoms with Crippen molar-refractivity contribution >= 4 is 0 Å². The second-order valence-electron chi connectivity index (χ2n) is 4.72. The van der Waals surface area contributed by atoms with Crippen molar-refractivity contribution in [2.75, 3.05) is 13.1 Å². The van der Waals surface area contributed by atoms with Crippen molar-refractivity contribution in [3.05, 3.63) is 0 Å². The lowest BCUT2D eigenvalue weighted by atomic mass is 10.1. The second kappa shape index (κ2) is 4.43. The fourth-order valence-corrected chi connectivity index (χ4v) is 2.03. The molecule has 2 aliphatic rings. The van der Waals surface area contributed by atoms with Crippen LogP contribution in [0.5, 0.6) is 0 Å². The van der Waals surface area contributed by atoms with Crippen molar-refractivity contribution in [3.63, 3.8) is 0 Å². The molecule has 1 unspecified atom stereocenters. The Morgan fingerprint density at radius 3 is 2.54 bits per heavy atom. The van der Waals surface area contributed by atoms with Gasteiger partial charge in [0, 0.05) is 12.6 Å². The van der Waals surface area contributed by atoms with Gasteiger partial charge in [-0.2, -0.15) is 0 Å².